The number of hydrogen-bond donors (Lipinski definition) is 4. The Bertz CT molecular complexity index is 1140. The molecule has 7 atom stereocenters. The maximum atomic E-state index is 13.8. The first-order chi connectivity index (χ1) is 18.0. The second kappa shape index (κ2) is 11.2. The molecule has 3 rings (SSSR count). The summed E-state index contributed by atoms with van der Waals surface area (Å²) in [6.45, 7) is 1.07. The minimum absolute atomic E-state index is 0.00210. The molecule has 14 heteroatoms. The SMILES string of the molecule is [2H]C1CC(N)=NC(=O)N1[C@@H]1O[C@H](C([2H])([2H])O[P@@](=O)(N[C@@H](C)C(=O)OC(C)C)Oc2ccccc2)[C@@H](O)[C@@]1(C)O. The fourth-order valence-corrected chi connectivity index (χ4v) is 4.74. The van der Waals surface area contributed by atoms with Gasteiger partial charge in [0.25, 0.3) is 0 Å². The number of amidine groups is 1. The Labute approximate surface area is 213 Å². The number of ether oxygens (including phenoxy) is 2. The zero-order valence-corrected chi connectivity index (χ0v) is 21.1. The number of aliphatic imine (C=N–C) groups is 1. The Hall–Kier alpha value is -2.54. The van der Waals surface area contributed by atoms with Crippen LogP contribution >= 0.6 is 7.75 Å². The average Bonchev–Trinajstić information content (AvgIpc) is 3.02. The molecule has 2 aliphatic heterocycles. The van der Waals surface area contributed by atoms with Crippen LogP contribution in [0.15, 0.2) is 35.3 Å². The number of esters is 1. The molecule has 1 aromatic carbocycles. The van der Waals surface area contributed by atoms with Crippen LogP contribution in [-0.2, 0) is 23.4 Å². The normalized spacial score (nSPS) is 32.6. The fraction of sp³-hybridized carbons (Fsp3) is 0.591. The van der Waals surface area contributed by atoms with Crippen molar-refractivity contribution in [3.8, 4) is 5.75 Å². The van der Waals surface area contributed by atoms with Crippen molar-refractivity contribution in [3.63, 3.8) is 0 Å². The topological polar surface area (TPSA) is 182 Å². The molecule has 0 aliphatic carbocycles. The first-order valence-corrected chi connectivity index (χ1v) is 12.7. The first kappa shape index (κ1) is 23.8. The van der Waals surface area contributed by atoms with Crippen molar-refractivity contribution in [3.05, 3.63) is 30.3 Å². The second-order valence-corrected chi connectivity index (χ2v) is 10.3. The lowest BCUT2D eigenvalue weighted by Gasteiger charge is -2.36. The molecule has 36 heavy (non-hydrogen) atoms. The molecule has 200 valence electrons. The van der Waals surface area contributed by atoms with Crippen LogP contribution in [0, 0.1) is 0 Å². The number of rotatable bonds is 10. The lowest BCUT2D eigenvalue weighted by molar-refractivity contribution is -0.149. The number of carbonyl (C=O) groups excluding carboxylic acids is 2. The third kappa shape index (κ3) is 6.61. The summed E-state index contributed by atoms with van der Waals surface area (Å²) >= 11 is 0. The Kier molecular flexibility index (Phi) is 7.44. The van der Waals surface area contributed by atoms with Gasteiger partial charge < -0.3 is 29.9 Å². The summed E-state index contributed by atoms with van der Waals surface area (Å²) in [5.74, 6) is -0.936. The minimum Gasteiger partial charge on any atom is -0.462 e. The quantitative estimate of drug-likeness (QED) is 0.251. The Morgan fingerprint density at radius 1 is 1.44 bits per heavy atom. The lowest BCUT2D eigenvalue weighted by Crippen LogP contribution is -2.56. The summed E-state index contributed by atoms with van der Waals surface area (Å²) in [6, 6.07) is 5.26. The summed E-state index contributed by atoms with van der Waals surface area (Å²) in [6.07, 6.45) is -6.52. The van der Waals surface area contributed by atoms with Crippen LogP contribution in [0.2, 0.25) is 0 Å². The maximum absolute atomic E-state index is 13.8. The molecule has 1 aromatic rings. The molecule has 1 saturated heterocycles. The molecule has 1 fully saturated rings. The van der Waals surface area contributed by atoms with Crippen LogP contribution in [0.3, 0.4) is 0 Å². The Morgan fingerprint density at radius 2 is 2.11 bits per heavy atom. The largest absolute Gasteiger partial charge is 0.462 e. The van der Waals surface area contributed by atoms with E-state index in [0.29, 0.717) is 4.90 Å². The smallest absolute Gasteiger partial charge is 0.459 e. The molecule has 5 N–H and O–H groups in total. The highest BCUT2D eigenvalue weighted by atomic mass is 31.2. The number of urea groups is 1. The van der Waals surface area contributed by atoms with Gasteiger partial charge in [0.1, 0.15) is 35.4 Å². The van der Waals surface area contributed by atoms with Gasteiger partial charge in [-0.1, -0.05) is 18.2 Å². The van der Waals surface area contributed by atoms with Gasteiger partial charge >= 0.3 is 19.7 Å². The number of hydrogen-bond acceptors (Lipinski definition) is 10. The van der Waals surface area contributed by atoms with Gasteiger partial charge in [0.2, 0.25) is 0 Å². The molecule has 13 nitrogen and oxygen atoms in total. The van der Waals surface area contributed by atoms with Gasteiger partial charge in [-0.15, -0.1) is 0 Å². The van der Waals surface area contributed by atoms with Gasteiger partial charge in [-0.3, -0.25) is 14.2 Å². The van der Waals surface area contributed by atoms with Crippen molar-refractivity contribution in [2.24, 2.45) is 10.7 Å². The van der Waals surface area contributed by atoms with Gasteiger partial charge in [0, 0.05) is 12.9 Å². The van der Waals surface area contributed by atoms with E-state index in [2.05, 4.69) is 10.1 Å². The molecule has 0 spiro atoms. The Morgan fingerprint density at radius 3 is 2.72 bits per heavy atom. The molecule has 2 heterocycles. The van der Waals surface area contributed by atoms with Gasteiger partial charge in [-0.25, -0.2) is 9.36 Å². The zero-order chi connectivity index (χ0) is 29.3. The van der Waals surface area contributed by atoms with E-state index in [1.807, 2.05) is 0 Å². The summed E-state index contributed by atoms with van der Waals surface area (Å²) < 4.78 is 60.3. The fourth-order valence-electron chi connectivity index (χ4n) is 3.37. The van der Waals surface area contributed by atoms with E-state index < -0.39 is 69.0 Å². The number of aliphatic hydroxyl groups excluding tert-OH is 1. The standard InChI is InChI=1S/C22H33N4O9P/c1-13(2)33-19(28)14(3)25-36(31,35-15-8-6-5-7-9-15)32-12-16-18(27)22(4,30)20(34-16)26-11-10-17(23)24-21(26)29/h5-9,13-14,16,18,20,27,30H,10-12H2,1-4H3,(H,25,31)(H2,23,24,29)/t14-,16+,18+,20+,22+,36-/m0/s1/i11D,12D2/t11?,14-,16+,18+,20+,22+,36-. The highest BCUT2D eigenvalue weighted by molar-refractivity contribution is 7.52. The molecule has 0 saturated carbocycles. The summed E-state index contributed by atoms with van der Waals surface area (Å²) in [5.41, 5.74) is 3.24. The number of amides is 2. The molecule has 2 aliphatic rings. The number of nitrogens with two attached hydrogens (primary N) is 1. The van der Waals surface area contributed by atoms with Crippen molar-refractivity contribution < 1.29 is 47.0 Å². The lowest BCUT2D eigenvalue weighted by atomic mass is 9.96. The average molecular weight is 532 g/mol. The maximum Gasteiger partial charge on any atom is 0.459 e. The van der Waals surface area contributed by atoms with Crippen molar-refractivity contribution >= 4 is 25.6 Å². The minimum atomic E-state index is -4.78. The van der Waals surface area contributed by atoms with E-state index in [4.69, 9.17) is 28.4 Å². The highest BCUT2D eigenvalue weighted by Gasteiger charge is 2.56. The third-order valence-corrected chi connectivity index (χ3v) is 6.69. The van der Waals surface area contributed by atoms with Gasteiger partial charge in [-0.05, 0) is 39.8 Å². The summed E-state index contributed by atoms with van der Waals surface area (Å²) in [5, 5.41) is 24.2. The number of benzene rings is 1. The molecule has 2 amide bonds. The number of aliphatic hydroxyl groups is 2. The first-order valence-electron chi connectivity index (χ1n) is 12.7. The van der Waals surface area contributed by atoms with E-state index >= 15 is 0 Å². The van der Waals surface area contributed by atoms with Crippen molar-refractivity contribution in [1.82, 2.24) is 9.99 Å². The zero-order valence-electron chi connectivity index (χ0n) is 23.2. The van der Waals surface area contributed by atoms with Gasteiger partial charge in [0.15, 0.2) is 6.23 Å². The van der Waals surface area contributed by atoms with E-state index in [9.17, 15) is 24.4 Å². The predicted octanol–water partition coefficient (Wildman–Crippen LogP) is 1.14. The number of carbonyl (C=O) groups is 2. The van der Waals surface area contributed by atoms with Crippen LogP contribution in [-0.4, -0.2) is 82.2 Å². The molecular formula is C22H33N4O9P. The monoisotopic (exact) mass is 531 g/mol. The van der Waals surface area contributed by atoms with Crippen LogP contribution in [0.25, 0.3) is 0 Å². The summed E-state index contributed by atoms with van der Waals surface area (Å²) in [4.78, 5) is 29.1. The van der Waals surface area contributed by atoms with Gasteiger partial charge in [0.05, 0.1) is 16.8 Å². The van der Waals surface area contributed by atoms with E-state index in [-0.39, 0.29) is 18.0 Å². The van der Waals surface area contributed by atoms with Crippen molar-refractivity contribution in [2.75, 3.05) is 13.1 Å². The Balaban J connectivity index is 1.90. The number of nitrogens with one attached hydrogen (secondary N) is 1. The van der Waals surface area contributed by atoms with Crippen LogP contribution < -0.4 is 15.3 Å². The molecule has 0 aromatic heterocycles. The third-order valence-electron chi connectivity index (χ3n) is 5.19. The van der Waals surface area contributed by atoms with Gasteiger partial charge in [-0.2, -0.15) is 10.1 Å². The predicted molar refractivity (Wildman–Crippen MR) is 128 cm³/mol. The number of para-hydroxylation sites is 1. The van der Waals surface area contributed by atoms with Crippen molar-refractivity contribution in [1.29, 1.82) is 0 Å². The van der Waals surface area contributed by atoms with Crippen LogP contribution in [0.5, 0.6) is 5.75 Å². The van der Waals surface area contributed by atoms with E-state index in [1.165, 1.54) is 19.1 Å². The van der Waals surface area contributed by atoms with E-state index in [1.54, 1.807) is 32.0 Å². The molecule has 1 unspecified atom stereocenters. The van der Waals surface area contributed by atoms with Crippen LogP contribution in [0.4, 0.5) is 4.79 Å². The van der Waals surface area contributed by atoms with E-state index in [0.717, 1.165) is 6.92 Å². The molecule has 0 bridgehead atoms. The molecule has 0 radical (unpaired) electrons. The van der Waals surface area contributed by atoms with Crippen molar-refractivity contribution in [2.45, 2.75) is 70.3 Å². The summed E-state index contributed by atoms with van der Waals surface area (Å²) in [7, 11) is -4.78. The second-order valence-electron chi connectivity index (χ2n) is 8.71. The van der Waals surface area contributed by atoms with Crippen LogP contribution in [0.1, 0.15) is 38.2 Å². The highest BCUT2D eigenvalue weighted by Crippen LogP contribution is 2.46. The molecular weight excluding hydrogens is 495 g/mol. The number of nitrogens with zero attached hydrogens (tertiary/aromatic N) is 2.